The SMILES string of the molecule is Cc1cccc(NC(=O)COc2c(Cl)cc(Cl)cc2[N+](=O)[O-])c1C. The van der Waals surface area contributed by atoms with Gasteiger partial charge in [0, 0.05) is 16.8 Å². The molecule has 2 aromatic rings. The highest BCUT2D eigenvalue weighted by Gasteiger charge is 2.21. The summed E-state index contributed by atoms with van der Waals surface area (Å²) in [6.07, 6.45) is 0. The van der Waals surface area contributed by atoms with Gasteiger partial charge in [-0.3, -0.25) is 14.9 Å². The molecule has 126 valence electrons. The first-order chi connectivity index (χ1) is 11.3. The van der Waals surface area contributed by atoms with Crippen molar-refractivity contribution in [2.24, 2.45) is 0 Å². The summed E-state index contributed by atoms with van der Waals surface area (Å²) in [5, 5.41) is 13.8. The fraction of sp³-hybridized carbons (Fsp3) is 0.188. The lowest BCUT2D eigenvalue weighted by Crippen LogP contribution is -2.21. The Balaban J connectivity index is 2.12. The molecule has 0 aromatic heterocycles. The highest BCUT2D eigenvalue weighted by Crippen LogP contribution is 2.37. The van der Waals surface area contributed by atoms with Crippen LogP contribution in [0, 0.1) is 24.0 Å². The molecule has 0 saturated carbocycles. The van der Waals surface area contributed by atoms with E-state index >= 15 is 0 Å². The van der Waals surface area contributed by atoms with Gasteiger partial charge in [-0.25, -0.2) is 0 Å². The minimum Gasteiger partial charge on any atom is -0.476 e. The van der Waals surface area contributed by atoms with Crippen LogP contribution in [0.5, 0.6) is 5.75 Å². The number of carbonyl (C=O) groups is 1. The number of halogens is 2. The third kappa shape index (κ3) is 4.15. The number of nitro benzene ring substituents is 1. The molecule has 0 aliphatic carbocycles. The van der Waals surface area contributed by atoms with Crippen molar-refractivity contribution in [2.75, 3.05) is 11.9 Å². The molecular formula is C16H14Cl2N2O4. The lowest BCUT2D eigenvalue weighted by molar-refractivity contribution is -0.385. The van der Waals surface area contributed by atoms with E-state index < -0.39 is 23.1 Å². The molecular weight excluding hydrogens is 355 g/mol. The Morgan fingerprint density at radius 2 is 2.00 bits per heavy atom. The number of hydrogen-bond donors (Lipinski definition) is 1. The standard InChI is InChI=1S/C16H14Cl2N2O4/c1-9-4-3-5-13(10(9)2)19-15(21)8-24-16-12(18)6-11(17)7-14(16)20(22)23/h3-7H,8H2,1-2H3,(H,19,21). The molecule has 0 unspecified atom stereocenters. The summed E-state index contributed by atoms with van der Waals surface area (Å²) in [6.45, 7) is 3.39. The first-order valence-corrected chi connectivity index (χ1v) is 7.67. The maximum atomic E-state index is 12.0. The number of anilines is 1. The minimum atomic E-state index is -0.671. The number of benzene rings is 2. The lowest BCUT2D eigenvalue weighted by Gasteiger charge is -2.12. The minimum absolute atomic E-state index is 0.0336. The topological polar surface area (TPSA) is 81.5 Å². The van der Waals surface area contributed by atoms with E-state index in [1.54, 1.807) is 6.07 Å². The van der Waals surface area contributed by atoms with Crippen LogP contribution in [-0.4, -0.2) is 17.4 Å². The first kappa shape index (κ1) is 18.0. The summed E-state index contributed by atoms with van der Waals surface area (Å²) in [5.74, 6) is -0.647. The third-order valence-corrected chi connectivity index (χ3v) is 3.91. The summed E-state index contributed by atoms with van der Waals surface area (Å²) in [5.41, 5.74) is 2.22. The fourth-order valence-electron chi connectivity index (χ4n) is 2.04. The molecule has 0 aliphatic rings. The monoisotopic (exact) mass is 368 g/mol. The average molecular weight is 369 g/mol. The zero-order valence-electron chi connectivity index (χ0n) is 12.9. The van der Waals surface area contributed by atoms with Crippen molar-refractivity contribution in [1.29, 1.82) is 0 Å². The Kier molecular flexibility index (Phi) is 5.64. The van der Waals surface area contributed by atoms with Crippen LogP contribution >= 0.6 is 23.2 Å². The molecule has 8 heteroatoms. The van der Waals surface area contributed by atoms with Gasteiger partial charge in [-0.1, -0.05) is 35.3 Å². The number of aryl methyl sites for hydroxylation is 1. The average Bonchev–Trinajstić information content (AvgIpc) is 2.50. The fourth-order valence-corrected chi connectivity index (χ4v) is 2.57. The van der Waals surface area contributed by atoms with Crippen LogP contribution in [0.3, 0.4) is 0 Å². The van der Waals surface area contributed by atoms with Crippen molar-refractivity contribution in [2.45, 2.75) is 13.8 Å². The summed E-state index contributed by atoms with van der Waals surface area (Å²) >= 11 is 11.7. The normalized spacial score (nSPS) is 10.3. The smallest absolute Gasteiger partial charge is 0.314 e. The van der Waals surface area contributed by atoms with Crippen LogP contribution in [-0.2, 0) is 4.79 Å². The summed E-state index contributed by atoms with van der Waals surface area (Å²) in [6, 6.07) is 7.94. The molecule has 2 aromatic carbocycles. The quantitative estimate of drug-likeness (QED) is 0.620. The highest BCUT2D eigenvalue weighted by molar-refractivity contribution is 6.36. The molecule has 0 fully saturated rings. The second-order valence-electron chi connectivity index (χ2n) is 5.08. The molecule has 2 rings (SSSR count). The third-order valence-electron chi connectivity index (χ3n) is 3.41. The van der Waals surface area contributed by atoms with Gasteiger partial charge >= 0.3 is 5.69 Å². The molecule has 1 amide bonds. The van der Waals surface area contributed by atoms with Crippen molar-refractivity contribution in [1.82, 2.24) is 0 Å². The number of nitrogens with zero attached hydrogens (tertiary/aromatic N) is 1. The molecule has 0 aliphatic heterocycles. The Hall–Kier alpha value is -2.31. The molecule has 6 nitrogen and oxygen atoms in total. The molecule has 0 atom stereocenters. The molecule has 0 radical (unpaired) electrons. The zero-order valence-corrected chi connectivity index (χ0v) is 14.4. The van der Waals surface area contributed by atoms with Crippen molar-refractivity contribution in [3.05, 3.63) is 61.6 Å². The van der Waals surface area contributed by atoms with E-state index in [1.165, 1.54) is 6.07 Å². The van der Waals surface area contributed by atoms with Gasteiger partial charge in [0.15, 0.2) is 6.61 Å². The second-order valence-corrected chi connectivity index (χ2v) is 5.92. The number of nitro groups is 1. The molecule has 24 heavy (non-hydrogen) atoms. The number of ether oxygens (including phenoxy) is 1. The van der Waals surface area contributed by atoms with E-state index in [-0.39, 0.29) is 15.8 Å². The van der Waals surface area contributed by atoms with Gasteiger partial charge in [0.05, 0.1) is 9.95 Å². The van der Waals surface area contributed by atoms with Crippen LogP contribution in [0.1, 0.15) is 11.1 Å². The van der Waals surface area contributed by atoms with E-state index in [4.69, 9.17) is 27.9 Å². The predicted molar refractivity (Wildman–Crippen MR) is 93.2 cm³/mol. The molecule has 0 bridgehead atoms. The molecule has 0 saturated heterocycles. The number of hydrogen-bond acceptors (Lipinski definition) is 4. The van der Waals surface area contributed by atoms with Gasteiger partial charge in [-0.15, -0.1) is 0 Å². The summed E-state index contributed by atoms with van der Waals surface area (Å²) < 4.78 is 5.24. The first-order valence-electron chi connectivity index (χ1n) is 6.92. The van der Waals surface area contributed by atoms with Crippen LogP contribution in [0.25, 0.3) is 0 Å². The maximum absolute atomic E-state index is 12.0. The van der Waals surface area contributed by atoms with Crippen LogP contribution in [0.4, 0.5) is 11.4 Å². The van der Waals surface area contributed by atoms with Crippen molar-refractivity contribution in [3.63, 3.8) is 0 Å². The Bertz CT molecular complexity index is 809. The van der Waals surface area contributed by atoms with Crippen LogP contribution in [0.15, 0.2) is 30.3 Å². The second kappa shape index (κ2) is 7.51. The Morgan fingerprint density at radius 3 is 2.67 bits per heavy atom. The van der Waals surface area contributed by atoms with Crippen molar-refractivity contribution < 1.29 is 14.5 Å². The van der Waals surface area contributed by atoms with Gasteiger partial charge in [-0.05, 0) is 37.1 Å². The zero-order chi connectivity index (χ0) is 17.9. The van der Waals surface area contributed by atoms with Crippen LogP contribution < -0.4 is 10.1 Å². The largest absolute Gasteiger partial charge is 0.476 e. The van der Waals surface area contributed by atoms with Crippen molar-refractivity contribution in [3.8, 4) is 5.75 Å². The Morgan fingerprint density at radius 1 is 1.29 bits per heavy atom. The summed E-state index contributed by atoms with van der Waals surface area (Å²) in [7, 11) is 0. The van der Waals surface area contributed by atoms with E-state index in [0.29, 0.717) is 5.69 Å². The van der Waals surface area contributed by atoms with E-state index in [9.17, 15) is 14.9 Å². The van der Waals surface area contributed by atoms with Gasteiger partial charge in [0.25, 0.3) is 5.91 Å². The van der Waals surface area contributed by atoms with Gasteiger partial charge < -0.3 is 10.1 Å². The van der Waals surface area contributed by atoms with E-state index in [0.717, 1.165) is 17.2 Å². The van der Waals surface area contributed by atoms with Gasteiger partial charge in [0.1, 0.15) is 0 Å². The van der Waals surface area contributed by atoms with Gasteiger partial charge in [-0.2, -0.15) is 0 Å². The summed E-state index contributed by atoms with van der Waals surface area (Å²) in [4.78, 5) is 22.4. The van der Waals surface area contributed by atoms with E-state index in [1.807, 2.05) is 26.0 Å². The highest BCUT2D eigenvalue weighted by atomic mass is 35.5. The van der Waals surface area contributed by atoms with Gasteiger partial charge in [0.2, 0.25) is 5.75 Å². The maximum Gasteiger partial charge on any atom is 0.314 e. The predicted octanol–water partition coefficient (Wildman–Crippen LogP) is 4.54. The lowest BCUT2D eigenvalue weighted by atomic mass is 10.1. The van der Waals surface area contributed by atoms with Crippen molar-refractivity contribution >= 4 is 40.5 Å². The number of rotatable bonds is 5. The molecule has 0 spiro atoms. The molecule has 1 N–H and O–H groups in total. The molecule has 0 heterocycles. The Labute approximate surface area is 148 Å². The van der Waals surface area contributed by atoms with Crippen LogP contribution in [0.2, 0.25) is 10.0 Å². The number of nitrogens with one attached hydrogen (secondary N) is 1. The van der Waals surface area contributed by atoms with E-state index in [2.05, 4.69) is 5.32 Å². The number of carbonyl (C=O) groups excluding carboxylic acids is 1. The number of amides is 1.